The van der Waals surface area contributed by atoms with Crippen molar-refractivity contribution in [3.63, 3.8) is 0 Å². The monoisotopic (exact) mass is 162 g/mol. The second-order valence-electron chi connectivity index (χ2n) is 2.25. The minimum Gasteiger partial charge on any atom is -0.469 e. The van der Waals surface area contributed by atoms with Crippen LogP contribution in [0.25, 0.3) is 0 Å². The summed E-state index contributed by atoms with van der Waals surface area (Å²) in [5.41, 5.74) is 0. The summed E-state index contributed by atoms with van der Waals surface area (Å²) in [4.78, 5) is 10.6. The fourth-order valence-electron chi connectivity index (χ4n) is 0.480. The Morgan fingerprint density at radius 3 is 2.60 bits per heavy atom. The number of hydrogen-bond donors (Lipinski definition) is 0. The lowest BCUT2D eigenvalue weighted by Crippen LogP contribution is -2.02. The van der Waals surface area contributed by atoms with Gasteiger partial charge in [0.25, 0.3) is 0 Å². The molecule has 0 aliphatic heterocycles. The van der Waals surface area contributed by atoms with Gasteiger partial charge >= 0.3 is 5.97 Å². The van der Waals surface area contributed by atoms with Gasteiger partial charge in [0, 0.05) is 5.75 Å². The molecule has 3 heteroatoms. The Bertz CT molecular complexity index is 102. The quantitative estimate of drug-likeness (QED) is 0.588. The van der Waals surface area contributed by atoms with Gasteiger partial charge in [0.2, 0.25) is 0 Å². The predicted octanol–water partition coefficient (Wildman–Crippen LogP) is 1.69. The molecule has 0 aromatic rings. The zero-order valence-corrected chi connectivity index (χ0v) is 7.53. The maximum absolute atomic E-state index is 10.6. The minimum absolute atomic E-state index is 0.117. The molecule has 0 spiro atoms. The number of thioether (sulfide) groups is 1. The van der Waals surface area contributed by atoms with E-state index in [-0.39, 0.29) is 5.97 Å². The van der Waals surface area contributed by atoms with E-state index < -0.39 is 0 Å². The van der Waals surface area contributed by atoms with Crippen molar-refractivity contribution in [3.8, 4) is 0 Å². The van der Waals surface area contributed by atoms with Crippen LogP contribution in [0, 0.1) is 0 Å². The van der Waals surface area contributed by atoms with E-state index >= 15 is 0 Å². The Hall–Kier alpha value is -0.180. The van der Waals surface area contributed by atoms with Gasteiger partial charge in [-0.3, -0.25) is 4.79 Å². The Labute approximate surface area is 66.3 Å². The van der Waals surface area contributed by atoms with Crippen molar-refractivity contribution in [3.05, 3.63) is 0 Å². The second kappa shape index (κ2) is 5.59. The predicted molar refractivity (Wildman–Crippen MR) is 44.2 cm³/mol. The molecule has 2 nitrogen and oxygen atoms in total. The average Bonchev–Trinajstić information content (AvgIpc) is 1.87. The van der Waals surface area contributed by atoms with Crippen molar-refractivity contribution in [1.82, 2.24) is 0 Å². The summed E-state index contributed by atoms with van der Waals surface area (Å²) in [6, 6.07) is 0. The SMILES string of the molecule is COC(=O)CCSC(C)C. The van der Waals surface area contributed by atoms with Gasteiger partial charge in [-0.15, -0.1) is 0 Å². The van der Waals surface area contributed by atoms with Crippen LogP contribution < -0.4 is 0 Å². The molecule has 10 heavy (non-hydrogen) atoms. The van der Waals surface area contributed by atoms with Gasteiger partial charge in [-0.05, 0) is 5.25 Å². The van der Waals surface area contributed by atoms with Crippen molar-refractivity contribution in [2.24, 2.45) is 0 Å². The van der Waals surface area contributed by atoms with E-state index in [0.29, 0.717) is 11.7 Å². The number of carbonyl (C=O) groups is 1. The molecule has 0 N–H and O–H groups in total. The van der Waals surface area contributed by atoms with E-state index in [1.807, 2.05) is 0 Å². The summed E-state index contributed by atoms with van der Waals surface area (Å²) in [5, 5.41) is 0.602. The van der Waals surface area contributed by atoms with Crippen LogP contribution in [0.5, 0.6) is 0 Å². The van der Waals surface area contributed by atoms with Crippen LogP contribution in [0.1, 0.15) is 20.3 Å². The third-order valence-corrected chi connectivity index (χ3v) is 2.09. The highest BCUT2D eigenvalue weighted by atomic mass is 32.2. The van der Waals surface area contributed by atoms with Crippen LogP contribution in [-0.2, 0) is 9.53 Å². The maximum Gasteiger partial charge on any atom is 0.306 e. The zero-order chi connectivity index (χ0) is 7.98. The lowest BCUT2D eigenvalue weighted by atomic mass is 10.5. The van der Waals surface area contributed by atoms with Gasteiger partial charge in [-0.2, -0.15) is 11.8 Å². The Kier molecular flexibility index (Phi) is 5.49. The molecule has 0 aliphatic rings. The molecule has 0 unspecified atom stereocenters. The topological polar surface area (TPSA) is 26.3 Å². The van der Waals surface area contributed by atoms with Crippen LogP contribution in [0.3, 0.4) is 0 Å². The van der Waals surface area contributed by atoms with E-state index in [4.69, 9.17) is 0 Å². The van der Waals surface area contributed by atoms with Crippen LogP contribution in [0.15, 0.2) is 0 Å². The average molecular weight is 162 g/mol. The number of ether oxygens (including phenoxy) is 1. The molecule has 0 aliphatic carbocycles. The molecule has 60 valence electrons. The number of carbonyl (C=O) groups excluding carboxylic acids is 1. The fraction of sp³-hybridized carbons (Fsp3) is 0.857. The molecule has 0 bridgehead atoms. The lowest BCUT2D eigenvalue weighted by Gasteiger charge is -2.02. The third kappa shape index (κ3) is 5.95. The van der Waals surface area contributed by atoms with Crippen LogP contribution in [-0.4, -0.2) is 24.1 Å². The first-order chi connectivity index (χ1) is 4.66. The number of esters is 1. The van der Waals surface area contributed by atoms with Gasteiger partial charge in [-0.1, -0.05) is 13.8 Å². The van der Waals surface area contributed by atoms with Gasteiger partial charge in [-0.25, -0.2) is 0 Å². The van der Waals surface area contributed by atoms with Gasteiger partial charge < -0.3 is 4.74 Å². The van der Waals surface area contributed by atoms with Crippen LogP contribution in [0.2, 0.25) is 0 Å². The molecule has 0 fully saturated rings. The Morgan fingerprint density at radius 2 is 2.20 bits per heavy atom. The third-order valence-electron chi connectivity index (χ3n) is 0.985. The second-order valence-corrected chi connectivity index (χ2v) is 3.93. The molecule has 0 heterocycles. The van der Waals surface area contributed by atoms with Crippen molar-refractivity contribution >= 4 is 17.7 Å². The summed E-state index contributed by atoms with van der Waals surface area (Å²) >= 11 is 1.77. The van der Waals surface area contributed by atoms with Crippen molar-refractivity contribution in [2.45, 2.75) is 25.5 Å². The van der Waals surface area contributed by atoms with E-state index in [2.05, 4.69) is 18.6 Å². The molecule has 0 atom stereocenters. The molecule has 0 aromatic carbocycles. The number of rotatable bonds is 4. The highest BCUT2D eigenvalue weighted by Crippen LogP contribution is 2.09. The number of hydrogen-bond acceptors (Lipinski definition) is 3. The number of methoxy groups -OCH3 is 1. The highest BCUT2D eigenvalue weighted by molar-refractivity contribution is 7.99. The largest absolute Gasteiger partial charge is 0.469 e. The molecule has 0 amide bonds. The fourth-order valence-corrected chi connectivity index (χ4v) is 1.24. The smallest absolute Gasteiger partial charge is 0.306 e. The molecule has 0 aromatic heterocycles. The van der Waals surface area contributed by atoms with E-state index in [1.54, 1.807) is 11.8 Å². The Balaban J connectivity index is 3.12. The first kappa shape index (κ1) is 9.82. The molecular weight excluding hydrogens is 148 g/mol. The van der Waals surface area contributed by atoms with Gasteiger partial charge in [0.15, 0.2) is 0 Å². The minimum atomic E-state index is -0.117. The summed E-state index contributed by atoms with van der Waals surface area (Å²) in [6.45, 7) is 4.23. The summed E-state index contributed by atoms with van der Waals surface area (Å²) < 4.78 is 4.48. The van der Waals surface area contributed by atoms with Crippen LogP contribution in [0.4, 0.5) is 0 Å². The first-order valence-corrected chi connectivity index (χ1v) is 4.40. The van der Waals surface area contributed by atoms with Crippen molar-refractivity contribution in [1.29, 1.82) is 0 Å². The van der Waals surface area contributed by atoms with E-state index in [0.717, 1.165) is 5.75 Å². The van der Waals surface area contributed by atoms with Gasteiger partial charge in [0.05, 0.1) is 13.5 Å². The molecule has 0 rings (SSSR count). The zero-order valence-electron chi connectivity index (χ0n) is 6.72. The van der Waals surface area contributed by atoms with E-state index in [1.165, 1.54) is 7.11 Å². The maximum atomic E-state index is 10.6. The normalized spacial score (nSPS) is 10.0. The molecule has 0 saturated heterocycles. The summed E-state index contributed by atoms with van der Waals surface area (Å²) in [6.07, 6.45) is 0.527. The summed E-state index contributed by atoms with van der Waals surface area (Å²) in [7, 11) is 1.42. The first-order valence-electron chi connectivity index (χ1n) is 3.35. The van der Waals surface area contributed by atoms with E-state index in [9.17, 15) is 4.79 Å². The van der Waals surface area contributed by atoms with Gasteiger partial charge in [0.1, 0.15) is 0 Å². The highest BCUT2D eigenvalue weighted by Gasteiger charge is 2.00. The molecule has 0 radical (unpaired) electrons. The molecule has 0 saturated carbocycles. The summed E-state index contributed by atoms with van der Waals surface area (Å²) in [5.74, 6) is 0.748. The standard InChI is InChI=1S/C7H14O2S/c1-6(2)10-5-4-7(8)9-3/h6H,4-5H2,1-3H3. The lowest BCUT2D eigenvalue weighted by molar-refractivity contribution is -0.140. The van der Waals surface area contributed by atoms with Crippen molar-refractivity contribution < 1.29 is 9.53 Å². The molecular formula is C7H14O2S. The van der Waals surface area contributed by atoms with Crippen molar-refractivity contribution in [2.75, 3.05) is 12.9 Å². The van der Waals surface area contributed by atoms with Crippen LogP contribution >= 0.6 is 11.8 Å². The Morgan fingerprint density at radius 1 is 1.60 bits per heavy atom.